The first-order chi connectivity index (χ1) is 13.1. The number of imide groups is 1. The highest BCUT2D eigenvalue weighted by Gasteiger charge is 2.22. The predicted octanol–water partition coefficient (Wildman–Crippen LogP) is 1.17. The molecule has 1 fully saturated rings. The lowest BCUT2D eigenvalue weighted by molar-refractivity contribution is -0.123. The average Bonchev–Trinajstić information content (AvgIpc) is 3.12. The summed E-state index contributed by atoms with van der Waals surface area (Å²) < 4.78 is 30.4. The van der Waals surface area contributed by atoms with Gasteiger partial charge < -0.3 is 10.1 Å². The van der Waals surface area contributed by atoms with E-state index in [0.29, 0.717) is 5.56 Å². The van der Waals surface area contributed by atoms with Crippen LogP contribution in [0.15, 0.2) is 23.1 Å². The maximum Gasteiger partial charge on any atom is 0.338 e. The molecule has 28 heavy (non-hydrogen) atoms. The van der Waals surface area contributed by atoms with E-state index in [1.165, 1.54) is 32.3 Å². The Labute approximate surface area is 164 Å². The Hall–Kier alpha value is -2.46. The van der Waals surface area contributed by atoms with Crippen LogP contribution in [0.2, 0.25) is 0 Å². The Morgan fingerprint density at radius 3 is 2.43 bits per heavy atom. The van der Waals surface area contributed by atoms with Gasteiger partial charge in [0.25, 0.3) is 5.91 Å². The SMILES string of the molecule is Cc1ccc(S(=O)(=O)N(C)C)cc1C(=O)OCC(=O)NC(=O)NC1CCCC1. The molecule has 154 valence electrons. The largest absolute Gasteiger partial charge is 0.452 e. The van der Waals surface area contributed by atoms with E-state index in [-0.39, 0.29) is 16.5 Å². The van der Waals surface area contributed by atoms with Crippen LogP contribution in [0.25, 0.3) is 0 Å². The van der Waals surface area contributed by atoms with Crippen LogP contribution in [0.3, 0.4) is 0 Å². The molecule has 1 aliphatic rings. The van der Waals surface area contributed by atoms with Crippen LogP contribution in [-0.4, -0.2) is 57.4 Å². The number of carbonyl (C=O) groups excluding carboxylic acids is 3. The van der Waals surface area contributed by atoms with E-state index in [4.69, 9.17) is 4.74 Å². The van der Waals surface area contributed by atoms with Crippen LogP contribution in [-0.2, 0) is 19.6 Å². The highest BCUT2D eigenvalue weighted by atomic mass is 32.2. The minimum Gasteiger partial charge on any atom is -0.452 e. The number of amides is 3. The molecule has 0 saturated heterocycles. The number of carbonyl (C=O) groups is 3. The monoisotopic (exact) mass is 411 g/mol. The molecule has 0 unspecified atom stereocenters. The van der Waals surface area contributed by atoms with E-state index in [9.17, 15) is 22.8 Å². The molecule has 0 aliphatic heterocycles. The number of sulfonamides is 1. The number of benzene rings is 1. The summed E-state index contributed by atoms with van der Waals surface area (Å²) in [5.41, 5.74) is 0.535. The number of nitrogens with zero attached hydrogens (tertiary/aromatic N) is 1. The van der Waals surface area contributed by atoms with Crippen LogP contribution in [0.4, 0.5) is 4.79 Å². The molecule has 0 atom stereocenters. The zero-order valence-corrected chi connectivity index (χ0v) is 17.0. The first-order valence-electron chi connectivity index (χ1n) is 8.92. The molecule has 1 saturated carbocycles. The summed E-state index contributed by atoms with van der Waals surface area (Å²) >= 11 is 0. The van der Waals surface area contributed by atoms with Crippen molar-refractivity contribution in [2.45, 2.75) is 43.5 Å². The summed E-state index contributed by atoms with van der Waals surface area (Å²) in [6.07, 6.45) is 3.83. The lowest BCUT2D eigenvalue weighted by atomic mass is 10.1. The first-order valence-corrected chi connectivity index (χ1v) is 10.4. The molecule has 0 aromatic heterocycles. The smallest absolute Gasteiger partial charge is 0.338 e. The van der Waals surface area contributed by atoms with Gasteiger partial charge in [0.2, 0.25) is 10.0 Å². The van der Waals surface area contributed by atoms with Gasteiger partial charge in [-0.2, -0.15) is 0 Å². The minimum absolute atomic E-state index is 0.0335. The molecule has 3 amide bonds. The number of esters is 1. The van der Waals surface area contributed by atoms with Crippen molar-refractivity contribution >= 4 is 27.9 Å². The van der Waals surface area contributed by atoms with Crippen LogP contribution < -0.4 is 10.6 Å². The van der Waals surface area contributed by atoms with Gasteiger partial charge in [-0.05, 0) is 37.5 Å². The standard InChI is InChI=1S/C18H25N3O6S/c1-12-8-9-14(28(25,26)21(2)3)10-15(12)17(23)27-11-16(22)20-18(24)19-13-6-4-5-7-13/h8-10,13H,4-7,11H2,1-3H3,(H2,19,20,22,24). The van der Waals surface area contributed by atoms with Gasteiger partial charge in [0, 0.05) is 20.1 Å². The number of urea groups is 1. The van der Waals surface area contributed by atoms with E-state index in [1.54, 1.807) is 6.92 Å². The van der Waals surface area contributed by atoms with Crippen molar-refractivity contribution in [3.05, 3.63) is 29.3 Å². The van der Waals surface area contributed by atoms with E-state index in [0.717, 1.165) is 30.0 Å². The molecule has 0 radical (unpaired) electrons. The van der Waals surface area contributed by atoms with Gasteiger partial charge >= 0.3 is 12.0 Å². The molecule has 1 aromatic carbocycles. The van der Waals surface area contributed by atoms with Gasteiger partial charge in [0.1, 0.15) is 0 Å². The number of ether oxygens (including phenoxy) is 1. The van der Waals surface area contributed by atoms with Crippen LogP contribution in [0.1, 0.15) is 41.6 Å². The predicted molar refractivity (Wildman–Crippen MR) is 101 cm³/mol. The van der Waals surface area contributed by atoms with Crippen molar-refractivity contribution in [3.8, 4) is 0 Å². The second kappa shape index (κ2) is 9.16. The number of rotatable bonds is 6. The van der Waals surface area contributed by atoms with Gasteiger partial charge in [-0.25, -0.2) is 22.3 Å². The fourth-order valence-electron chi connectivity index (χ4n) is 2.86. The fourth-order valence-corrected chi connectivity index (χ4v) is 3.78. The van der Waals surface area contributed by atoms with E-state index < -0.39 is 34.5 Å². The third-order valence-corrected chi connectivity index (χ3v) is 6.30. The highest BCUT2D eigenvalue weighted by Crippen LogP contribution is 2.19. The zero-order chi connectivity index (χ0) is 20.9. The Morgan fingerprint density at radius 2 is 1.82 bits per heavy atom. The molecular weight excluding hydrogens is 386 g/mol. The number of aryl methyl sites for hydroxylation is 1. The van der Waals surface area contributed by atoms with Gasteiger partial charge in [0.15, 0.2) is 6.61 Å². The van der Waals surface area contributed by atoms with E-state index in [2.05, 4.69) is 10.6 Å². The summed E-state index contributed by atoms with van der Waals surface area (Å²) in [6.45, 7) is 0.971. The second-order valence-electron chi connectivity index (χ2n) is 6.84. The van der Waals surface area contributed by atoms with Gasteiger partial charge in [-0.15, -0.1) is 0 Å². The molecule has 2 N–H and O–H groups in total. The number of hydrogen-bond acceptors (Lipinski definition) is 6. The van der Waals surface area contributed by atoms with E-state index in [1.807, 2.05) is 0 Å². The lowest BCUT2D eigenvalue weighted by Crippen LogP contribution is -2.45. The number of nitrogens with one attached hydrogen (secondary N) is 2. The quantitative estimate of drug-likeness (QED) is 0.678. The van der Waals surface area contributed by atoms with Crippen molar-refractivity contribution in [2.24, 2.45) is 0 Å². The fraction of sp³-hybridized carbons (Fsp3) is 0.500. The maximum atomic E-state index is 12.3. The Morgan fingerprint density at radius 1 is 1.18 bits per heavy atom. The normalized spacial score (nSPS) is 14.7. The Kier molecular flexibility index (Phi) is 7.14. The number of hydrogen-bond donors (Lipinski definition) is 2. The molecule has 1 aliphatic carbocycles. The first kappa shape index (κ1) is 21.8. The summed E-state index contributed by atoms with van der Waals surface area (Å²) in [7, 11) is -0.949. The minimum atomic E-state index is -3.72. The second-order valence-corrected chi connectivity index (χ2v) is 9.00. The van der Waals surface area contributed by atoms with Crippen molar-refractivity contribution in [2.75, 3.05) is 20.7 Å². The molecule has 9 nitrogen and oxygen atoms in total. The van der Waals surface area contributed by atoms with Crippen molar-refractivity contribution in [1.82, 2.24) is 14.9 Å². The highest BCUT2D eigenvalue weighted by molar-refractivity contribution is 7.89. The average molecular weight is 411 g/mol. The molecule has 0 bridgehead atoms. The molecular formula is C18H25N3O6S. The third kappa shape index (κ3) is 5.52. The lowest BCUT2D eigenvalue weighted by Gasteiger charge is -2.14. The maximum absolute atomic E-state index is 12.3. The Bertz CT molecular complexity index is 860. The molecule has 2 rings (SSSR count). The summed E-state index contributed by atoms with van der Waals surface area (Å²) in [6, 6.07) is 3.52. The van der Waals surface area contributed by atoms with Crippen molar-refractivity contribution in [3.63, 3.8) is 0 Å². The molecule has 0 heterocycles. The van der Waals surface area contributed by atoms with Gasteiger partial charge in [-0.3, -0.25) is 10.1 Å². The van der Waals surface area contributed by atoms with Gasteiger partial charge in [0.05, 0.1) is 10.5 Å². The van der Waals surface area contributed by atoms with E-state index >= 15 is 0 Å². The van der Waals surface area contributed by atoms with Crippen molar-refractivity contribution in [1.29, 1.82) is 0 Å². The van der Waals surface area contributed by atoms with Crippen LogP contribution in [0, 0.1) is 6.92 Å². The van der Waals surface area contributed by atoms with Crippen LogP contribution in [0.5, 0.6) is 0 Å². The molecule has 0 spiro atoms. The third-order valence-electron chi connectivity index (χ3n) is 4.49. The van der Waals surface area contributed by atoms with Gasteiger partial charge in [-0.1, -0.05) is 18.9 Å². The van der Waals surface area contributed by atoms with Crippen molar-refractivity contribution < 1.29 is 27.5 Å². The summed E-state index contributed by atoms with van der Waals surface area (Å²) in [5, 5.41) is 4.80. The topological polar surface area (TPSA) is 122 Å². The summed E-state index contributed by atoms with van der Waals surface area (Å²) in [5.74, 6) is -1.61. The molecule has 10 heteroatoms. The Balaban J connectivity index is 1.95. The summed E-state index contributed by atoms with van der Waals surface area (Å²) in [4.78, 5) is 35.8. The van der Waals surface area contributed by atoms with Crippen LogP contribution >= 0.6 is 0 Å². The zero-order valence-electron chi connectivity index (χ0n) is 16.1. The molecule has 1 aromatic rings.